The summed E-state index contributed by atoms with van der Waals surface area (Å²) in [6.07, 6.45) is 1.05. The van der Waals surface area contributed by atoms with Gasteiger partial charge in [-0.3, -0.25) is 4.79 Å². The predicted octanol–water partition coefficient (Wildman–Crippen LogP) is 3.18. The molecule has 0 N–H and O–H groups in total. The molecule has 10 heteroatoms. The second-order valence-corrected chi connectivity index (χ2v) is 10.3. The zero-order chi connectivity index (χ0) is 21.5. The zero-order valence-electron chi connectivity index (χ0n) is 16.4. The Labute approximate surface area is 183 Å². The highest BCUT2D eigenvalue weighted by atomic mass is 35.5. The smallest absolute Gasteiger partial charge is 0.266 e. The lowest BCUT2D eigenvalue weighted by molar-refractivity contribution is -0.121. The van der Waals surface area contributed by atoms with Gasteiger partial charge in [0.1, 0.15) is 11.8 Å². The molecule has 0 saturated carbocycles. The molecule has 1 amide bonds. The third-order valence-electron chi connectivity index (χ3n) is 5.13. The number of aromatic nitrogens is 1. The summed E-state index contributed by atoms with van der Waals surface area (Å²) in [6.45, 7) is 0.286. The van der Waals surface area contributed by atoms with Crippen LogP contribution in [-0.2, 0) is 21.9 Å². The fourth-order valence-corrected chi connectivity index (χ4v) is 6.49. The summed E-state index contributed by atoms with van der Waals surface area (Å²) in [4.78, 5) is 17.9. The van der Waals surface area contributed by atoms with Gasteiger partial charge in [0.05, 0.1) is 22.2 Å². The van der Waals surface area contributed by atoms with E-state index >= 15 is 0 Å². The van der Waals surface area contributed by atoms with E-state index in [1.165, 1.54) is 34.9 Å². The number of benzene rings is 2. The Balaban J connectivity index is 1.67. The van der Waals surface area contributed by atoms with Crippen molar-refractivity contribution in [1.82, 2.24) is 8.87 Å². The molecule has 1 saturated heterocycles. The van der Waals surface area contributed by atoms with E-state index in [1.807, 2.05) is 23.7 Å². The lowest BCUT2D eigenvalue weighted by Crippen LogP contribution is -2.40. The first-order valence-corrected chi connectivity index (χ1v) is 11.9. The number of hydrogen-bond donors (Lipinski definition) is 0. The van der Waals surface area contributed by atoms with Gasteiger partial charge in [0, 0.05) is 18.6 Å². The molecule has 1 atom stereocenters. The molecule has 1 fully saturated rings. The Morgan fingerprint density at radius 1 is 1.23 bits per heavy atom. The van der Waals surface area contributed by atoms with Crippen molar-refractivity contribution in [3.63, 3.8) is 0 Å². The van der Waals surface area contributed by atoms with E-state index < -0.39 is 22.0 Å². The van der Waals surface area contributed by atoms with Crippen molar-refractivity contribution in [3.8, 4) is 5.75 Å². The van der Waals surface area contributed by atoms with Crippen LogP contribution in [0.3, 0.4) is 0 Å². The minimum absolute atomic E-state index is 0.130. The van der Waals surface area contributed by atoms with Gasteiger partial charge in [-0.05, 0) is 55.3 Å². The van der Waals surface area contributed by atoms with Crippen LogP contribution in [0, 0.1) is 0 Å². The number of carbonyl (C=O) groups is 1. The Morgan fingerprint density at radius 2 is 1.97 bits per heavy atom. The summed E-state index contributed by atoms with van der Waals surface area (Å²) >= 11 is 7.40. The van der Waals surface area contributed by atoms with Crippen LogP contribution in [-0.4, -0.2) is 42.9 Å². The van der Waals surface area contributed by atoms with E-state index in [1.54, 1.807) is 18.2 Å². The molecule has 1 unspecified atom stereocenters. The number of fused-ring (bicyclic) bond motifs is 1. The average molecular weight is 466 g/mol. The van der Waals surface area contributed by atoms with Gasteiger partial charge in [-0.25, -0.2) is 8.42 Å². The standard InChI is InChI=1S/C20H20ClN3O4S2/c1-23-16-10-5-13(21)12-18(16)29-20(23)22-19(25)17-4-3-11-24(17)30(26,27)15-8-6-14(28-2)7-9-15/h5-10,12,17H,3-4,11H2,1-2H3. The molecule has 158 valence electrons. The number of halogens is 1. The molecule has 30 heavy (non-hydrogen) atoms. The molecule has 0 spiro atoms. The minimum Gasteiger partial charge on any atom is -0.497 e. The molecule has 0 bridgehead atoms. The van der Waals surface area contributed by atoms with Crippen molar-refractivity contribution in [2.45, 2.75) is 23.8 Å². The SMILES string of the molecule is COc1ccc(S(=O)(=O)N2CCCC2C(=O)N=c2sc3cc(Cl)ccc3n2C)cc1. The number of aryl methyl sites for hydroxylation is 1. The van der Waals surface area contributed by atoms with Crippen LogP contribution < -0.4 is 9.54 Å². The highest BCUT2D eigenvalue weighted by Gasteiger charge is 2.39. The number of nitrogens with zero attached hydrogens (tertiary/aromatic N) is 3. The number of amides is 1. The summed E-state index contributed by atoms with van der Waals surface area (Å²) in [5, 5.41) is 0.606. The van der Waals surface area contributed by atoms with Gasteiger partial charge in [-0.2, -0.15) is 9.30 Å². The molecule has 4 rings (SSSR count). The summed E-state index contributed by atoms with van der Waals surface area (Å²) in [5.41, 5.74) is 0.907. The van der Waals surface area contributed by atoms with Crippen molar-refractivity contribution >= 4 is 49.1 Å². The van der Waals surface area contributed by atoms with E-state index in [-0.39, 0.29) is 11.4 Å². The summed E-state index contributed by atoms with van der Waals surface area (Å²) < 4.78 is 35.3. The number of methoxy groups -OCH3 is 1. The van der Waals surface area contributed by atoms with E-state index in [0.29, 0.717) is 28.4 Å². The molecule has 1 aliphatic rings. The van der Waals surface area contributed by atoms with Crippen LogP contribution in [0.2, 0.25) is 5.02 Å². The highest BCUT2D eigenvalue weighted by Crippen LogP contribution is 2.28. The molecule has 3 aromatic rings. The van der Waals surface area contributed by atoms with Crippen molar-refractivity contribution in [3.05, 3.63) is 52.3 Å². The maximum absolute atomic E-state index is 13.1. The van der Waals surface area contributed by atoms with Crippen LogP contribution >= 0.6 is 22.9 Å². The Morgan fingerprint density at radius 3 is 2.67 bits per heavy atom. The van der Waals surface area contributed by atoms with Crippen LogP contribution in [0.5, 0.6) is 5.75 Å². The van der Waals surface area contributed by atoms with E-state index in [9.17, 15) is 13.2 Å². The Kier molecular flexibility index (Phi) is 5.71. The zero-order valence-corrected chi connectivity index (χ0v) is 18.8. The fraction of sp³-hybridized carbons (Fsp3) is 0.300. The van der Waals surface area contributed by atoms with Crippen molar-refractivity contribution in [2.75, 3.05) is 13.7 Å². The topological polar surface area (TPSA) is 81.0 Å². The molecule has 0 radical (unpaired) electrons. The molecular weight excluding hydrogens is 446 g/mol. The van der Waals surface area contributed by atoms with E-state index in [0.717, 1.165) is 10.2 Å². The average Bonchev–Trinajstić information content (AvgIpc) is 3.34. The number of carbonyl (C=O) groups excluding carboxylic acids is 1. The Hall–Kier alpha value is -2.20. The second kappa shape index (κ2) is 8.14. The monoisotopic (exact) mass is 465 g/mol. The summed E-state index contributed by atoms with van der Waals surface area (Å²) in [7, 11) is -0.480. The largest absolute Gasteiger partial charge is 0.497 e. The summed E-state index contributed by atoms with van der Waals surface area (Å²) in [5.74, 6) is 0.105. The highest BCUT2D eigenvalue weighted by molar-refractivity contribution is 7.89. The third-order valence-corrected chi connectivity index (χ3v) is 8.38. The lowest BCUT2D eigenvalue weighted by Gasteiger charge is -2.21. The molecule has 1 aliphatic heterocycles. The molecule has 0 aliphatic carbocycles. The van der Waals surface area contributed by atoms with Crippen LogP contribution in [0.15, 0.2) is 52.4 Å². The molecule has 2 heterocycles. The quantitative estimate of drug-likeness (QED) is 0.592. The predicted molar refractivity (Wildman–Crippen MR) is 116 cm³/mol. The van der Waals surface area contributed by atoms with Crippen LogP contribution in [0.1, 0.15) is 12.8 Å². The maximum Gasteiger partial charge on any atom is 0.266 e. The maximum atomic E-state index is 13.1. The lowest BCUT2D eigenvalue weighted by atomic mass is 10.2. The first-order valence-electron chi connectivity index (χ1n) is 9.31. The first-order chi connectivity index (χ1) is 14.3. The number of hydrogen-bond acceptors (Lipinski definition) is 5. The van der Waals surface area contributed by atoms with Gasteiger partial charge >= 0.3 is 0 Å². The van der Waals surface area contributed by atoms with Crippen molar-refractivity contribution in [1.29, 1.82) is 0 Å². The van der Waals surface area contributed by atoms with Gasteiger partial charge in [0.2, 0.25) is 10.0 Å². The van der Waals surface area contributed by atoms with Gasteiger partial charge in [0.15, 0.2) is 4.80 Å². The second-order valence-electron chi connectivity index (χ2n) is 6.96. The molecule has 7 nitrogen and oxygen atoms in total. The first kappa shape index (κ1) is 21.0. The number of rotatable bonds is 4. The van der Waals surface area contributed by atoms with Crippen molar-refractivity contribution in [2.24, 2.45) is 12.0 Å². The van der Waals surface area contributed by atoms with Gasteiger partial charge < -0.3 is 9.30 Å². The number of sulfonamides is 1. The number of ether oxygens (including phenoxy) is 1. The fourth-order valence-electron chi connectivity index (χ4n) is 3.54. The third kappa shape index (κ3) is 3.78. The minimum atomic E-state index is -3.81. The van der Waals surface area contributed by atoms with Gasteiger partial charge in [-0.1, -0.05) is 22.9 Å². The summed E-state index contributed by atoms with van der Waals surface area (Å²) in [6, 6.07) is 10.8. The molecule has 1 aromatic heterocycles. The van der Waals surface area contributed by atoms with Gasteiger partial charge in [0.25, 0.3) is 5.91 Å². The van der Waals surface area contributed by atoms with E-state index in [2.05, 4.69) is 4.99 Å². The van der Waals surface area contributed by atoms with Gasteiger partial charge in [-0.15, -0.1) is 0 Å². The van der Waals surface area contributed by atoms with Crippen molar-refractivity contribution < 1.29 is 17.9 Å². The van der Waals surface area contributed by atoms with Crippen LogP contribution in [0.25, 0.3) is 10.2 Å². The van der Waals surface area contributed by atoms with E-state index in [4.69, 9.17) is 16.3 Å². The number of thiazole rings is 1. The Bertz CT molecular complexity index is 1280. The molecule has 2 aromatic carbocycles. The normalized spacial score (nSPS) is 18.2. The molecular formula is C20H20ClN3O4S2. The van der Waals surface area contributed by atoms with Crippen LogP contribution in [0.4, 0.5) is 0 Å².